The SMILES string of the molecule is CCn1cc(C#N)c(=O)n(CC(=O)NC(c2ccc(OC)cc2)C(C)C)c1=O. The van der Waals surface area contributed by atoms with E-state index in [9.17, 15) is 14.4 Å². The van der Waals surface area contributed by atoms with Crippen LogP contribution in [0.1, 0.15) is 37.9 Å². The number of amides is 1. The summed E-state index contributed by atoms with van der Waals surface area (Å²) in [4.78, 5) is 37.3. The van der Waals surface area contributed by atoms with Gasteiger partial charge in [0.25, 0.3) is 5.56 Å². The molecule has 0 aliphatic rings. The standard InChI is InChI=1S/C20H24N4O4/c1-5-23-11-15(10-21)19(26)24(20(23)27)12-17(25)22-18(13(2)3)14-6-8-16(28-4)9-7-14/h6-9,11,13,18H,5,12H2,1-4H3,(H,22,25). The van der Waals surface area contributed by atoms with E-state index in [0.29, 0.717) is 5.75 Å². The van der Waals surface area contributed by atoms with Crippen LogP contribution in [0.25, 0.3) is 0 Å². The van der Waals surface area contributed by atoms with Crippen molar-refractivity contribution in [2.45, 2.75) is 39.9 Å². The predicted octanol–water partition coefficient (Wildman–Crippen LogP) is 1.42. The summed E-state index contributed by atoms with van der Waals surface area (Å²) in [6, 6.07) is 8.79. The van der Waals surface area contributed by atoms with Crippen molar-refractivity contribution in [3.05, 3.63) is 62.4 Å². The fourth-order valence-electron chi connectivity index (χ4n) is 2.91. The van der Waals surface area contributed by atoms with E-state index in [4.69, 9.17) is 10.00 Å². The van der Waals surface area contributed by atoms with Crippen molar-refractivity contribution in [1.82, 2.24) is 14.5 Å². The molecule has 2 rings (SSSR count). The molecular formula is C20H24N4O4. The van der Waals surface area contributed by atoms with Gasteiger partial charge in [0.2, 0.25) is 5.91 Å². The minimum absolute atomic E-state index is 0.0757. The van der Waals surface area contributed by atoms with E-state index >= 15 is 0 Å². The predicted molar refractivity (Wildman–Crippen MR) is 104 cm³/mol. The van der Waals surface area contributed by atoms with Crippen LogP contribution in [0.15, 0.2) is 40.1 Å². The molecular weight excluding hydrogens is 360 g/mol. The first-order chi connectivity index (χ1) is 13.3. The van der Waals surface area contributed by atoms with E-state index in [1.54, 1.807) is 32.2 Å². The number of hydrogen-bond donors (Lipinski definition) is 1. The molecule has 0 aliphatic heterocycles. The number of hydrogen-bond acceptors (Lipinski definition) is 5. The Morgan fingerprint density at radius 2 is 1.89 bits per heavy atom. The zero-order valence-corrected chi connectivity index (χ0v) is 16.4. The molecule has 1 N–H and O–H groups in total. The molecule has 0 saturated carbocycles. The van der Waals surface area contributed by atoms with Gasteiger partial charge in [0.15, 0.2) is 0 Å². The third kappa shape index (κ3) is 4.49. The number of nitriles is 1. The largest absolute Gasteiger partial charge is 0.497 e. The second-order valence-corrected chi connectivity index (χ2v) is 6.68. The van der Waals surface area contributed by atoms with Crippen LogP contribution in [-0.4, -0.2) is 22.2 Å². The quantitative estimate of drug-likeness (QED) is 0.777. The summed E-state index contributed by atoms with van der Waals surface area (Å²) in [5, 5.41) is 12.0. The summed E-state index contributed by atoms with van der Waals surface area (Å²) in [5.41, 5.74) is -0.678. The van der Waals surface area contributed by atoms with Crippen molar-refractivity contribution in [3.8, 4) is 11.8 Å². The lowest BCUT2D eigenvalue weighted by molar-refractivity contribution is -0.122. The molecule has 148 valence electrons. The van der Waals surface area contributed by atoms with E-state index in [-0.39, 0.29) is 24.1 Å². The molecule has 1 aromatic heterocycles. The molecule has 0 aliphatic carbocycles. The van der Waals surface area contributed by atoms with E-state index < -0.39 is 23.7 Å². The summed E-state index contributed by atoms with van der Waals surface area (Å²) >= 11 is 0. The first-order valence-corrected chi connectivity index (χ1v) is 9.00. The van der Waals surface area contributed by atoms with Gasteiger partial charge in [-0.25, -0.2) is 9.36 Å². The van der Waals surface area contributed by atoms with Gasteiger partial charge in [0.1, 0.15) is 23.9 Å². The van der Waals surface area contributed by atoms with E-state index in [1.165, 1.54) is 10.8 Å². The maximum atomic E-state index is 12.6. The summed E-state index contributed by atoms with van der Waals surface area (Å²) in [6.07, 6.45) is 1.22. The molecule has 1 unspecified atom stereocenters. The minimum Gasteiger partial charge on any atom is -0.497 e. The Morgan fingerprint density at radius 1 is 1.25 bits per heavy atom. The zero-order chi connectivity index (χ0) is 20.8. The van der Waals surface area contributed by atoms with Crippen LogP contribution >= 0.6 is 0 Å². The zero-order valence-electron chi connectivity index (χ0n) is 16.4. The van der Waals surface area contributed by atoms with Crippen LogP contribution < -0.4 is 21.3 Å². The number of nitrogens with zero attached hydrogens (tertiary/aromatic N) is 3. The Balaban J connectivity index is 2.30. The average Bonchev–Trinajstić information content (AvgIpc) is 2.69. The summed E-state index contributed by atoms with van der Waals surface area (Å²) < 4.78 is 7.18. The molecule has 0 spiro atoms. The highest BCUT2D eigenvalue weighted by atomic mass is 16.5. The van der Waals surface area contributed by atoms with Gasteiger partial charge in [-0.3, -0.25) is 14.2 Å². The second kappa shape index (κ2) is 9.04. The van der Waals surface area contributed by atoms with Crippen molar-refractivity contribution in [3.63, 3.8) is 0 Å². The number of ether oxygens (including phenoxy) is 1. The number of rotatable bonds is 7. The Kier molecular flexibility index (Phi) is 6.77. The molecule has 28 heavy (non-hydrogen) atoms. The molecule has 0 fully saturated rings. The smallest absolute Gasteiger partial charge is 0.331 e. The number of aromatic nitrogens is 2. The molecule has 1 aromatic carbocycles. The second-order valence-electron chi connectivity index (χ2n) is 6.68. The Bertz CT molecular complexity index is 997. The molecule has 8 nitrogen and oxygen atoms in total. The molecule has 2 aromatic rings. The molecule has 1 amide bonds. The van der Waals surface area contributed by atoms with Crippen LogP contribution in [0.5, 0.6) is 5.75 Å². The van der Waals surface area contributed by atoms with Crippen molar-refractivity contribution in [2.24, 2.45) is 5.92 Å². The lowest BCUT2D eigenvalue weighted by atomic mass is 9.96. The van der Waals surface area contributed by atoms with E-state index in [1.807, 2.05) is 26.0 Å². The summed E-state index contributed by atoms with van der Waals surface area (Å²) in [7, 11) is 1.58. The molecule has 0 radical (unpaired) electrons. The third-order valence-corrected chi connectivity index (χ3v) is 4.46. The highest BCUT2D eigenvalue weighted by Crippen LogP contribution is 2.23. The Hall–Kier alpha value is -3.34. The molecule has 0 bridgehead atoms. The highest BCUT2D eigenvalue weighted by molar-refractivity contribution is 5.76. The first-order valence-electron chi connectivity index (χ1n) is 9.00. The van der Waals surface area contributed by atoms with Crippen molar-refractivity contribution in [2.75, 3.05) is 7.11 Å². The number of carbonyl (C=O) groups is 1. The van der Waals surface area contributed by atoms with Gasteiger partial charge >= 0.3 is 5.69 Å². The van der Waals surface area contributed by atoms with Gasteiger partial charge in [-0.2, -0.15) is 5.26 Å². The fraction of sp³-hybridized carbons (Fsp3) is 0.400. The van der Waals surface area contributed by atoms with E-state index in [0.717, 1.165) is 10.1 Å². The van der Waals surface area contributed by atoms with Crippen molar-refractivity contribution < 1.29 is 9.53 Å². The van der Waals surface area contributed by atoms with Gasteiger partial charge in [0.05, 0.1) is 13.2 Å². The third-order valence-electron chi connectivity index (χ3n) is 4.46. The lowest BCUT2D eigenvalue weighted by Gasteiger charge is -2.23. The van der Waals surface area contributed by atoms with Crippen LogP contribution in [-0.2, 0) is 17.9 Å². The monoisotopic (exact) mass is 384 g/mol. The number of nitrogens with one attached hydrogen (secondary N) is 1. The molecule has 1 atom stereocenters. The summed E-state index contributed by atoms with van der Waals surface area (Å²) in [6.45, 7) is 5.47. The number of carbonyl (C=O) groups excluding carboxylic acids is 1. The van der Waals surface area contributed by atoms with Crippen LogP contribution in [0, 0.1) is 17.2 Å². The fourth-order valence-corrected chi connectivity index (χ4v) is 2.91. The average molecular weight is 384 g/mol. The maximum absolute atomic E-state index is 12.6. The molecule has 8 heteroatoms. The van der Waals surface area contributed by atoms with Crippen LogP contribution in [0.3, 0.4) is 0 Å². The minimum atomic E-state index is -0.766. The van der Waals surface area contributed by atoms with Gasteiger partial charge in [-0.05, 0) is 30.5 Å². The maximum Gasteiger partial charge on any atom is 0.331 e. The van der Waals surface area contributed by atoms with Crippen molar-refractivity contribution >= 4 is 5.91 Å². The molecule has 1 heterocycles. The highest BCUT2D eigenvalue weighted by Gasteiger charge is 2.20. The number of methoxy groups -OCH3 is 1. The van der Waals surface area contributed by atoms with Gasteiger partial charge in [-0.1, -0.05) is 26.0 Å². The van der Waals surface area contributed by atoms with Crippen molar-refractivity contribution in [1.29, 1.82) is 5.26 Å². The number of benzene rings is 1. The first kappa shape index (κ1) is 21.0. The Labute approximate surface area is 163 Å². The van der Waals surface area contributed by atoms with Gasteiger partial charge < -0.3 is 10.1 Å². The topological polar surface area (TPSA) is 106 Å². The Morgan fingerprint density at radius 3 is 2.39 bits per heavy atom. The summed E-state index contributed by atoms with van der Waals surface area (Å²) in [5.74, 6) is 0.302. The lowest BCUT2D eigenvalue weighted by Crippen LogP contribution is -2.45. The van der Waals surface area contributed by atoms with Gasteiger partial charge in [-0.15, -0.1) is 0 Å². The van der Waals surface area contributed by atoms with Gasteiger partial charge in [0, 0.05) is 12.7 Å². The van der Waals surface area contributed by atoms with E-state index in [2.05, 4.69) is 5.32 Å². The molecule has 0 saturated heterocycles. The number of aryl methyl sites for hydroxylation is 1. The van der Waals surface area contributed by atoms with Crippen LogP contribution in [0.4, 0.5) is 0 Å². The normalized spacial score (nSPS) is 11.7. The van der Waals surface area contributed by atoms with Crippen LogP contribution in [0.2, 0.25) is 0 Å².